The van der Waals surface area contributed by atoms with E-state index in [-0.39, 0.29) is 17.9 Å². The number of aromatic nitrogens is 2. The van der Waals surface area contributed by atoms with Crippen molar-refractivity contribution in [3.63, 3.8) is 0 Å². The molecule has 3 heterocycles. The van der Waals surface area contributed by atoms with Crippen LogP contribution in [0.4, 0.5) is 4.79 Å². The molecule has 1 aromatic carbocycles. The molecule has 1 aromatic heterocycles. The number of urea groups is 1. The summed E-state index contributed by atoms with van der Waals surface area (Å²) in [5.74, 6) is 0.284. The van der Waals surface area contributed by atoms with Crippen molar-refractivity contribution >= 4 is 11.9 Å². The highest BCUT2D eigenvalue weighted by atomic mass is 16.7. The van der Waals surface area contributed by atoms with Crippen molar-refractivity contribution in [3.8, 4) is 0 Å². The van der Waals surface area contributed by atoms with E-state index in [1.165, 1.54) is 5.06 Å². The first-order valence-electron chi connectivity index (χ1n) is 8.34. The molecule has 0 saturated carbocycles. The molecular formula is C17H20N6O3. The van der Waals surface area contributed by atoms with Crippen LogP contribution in [0.5, 0.6) is 0 Å². The number of carbonyl (C=O) groups is 1. The summed E-state index contributed by atoms with van der Waals surface area (Å²) in [6.45, 7) is 0.738. The third kappa shape index (κ3) is 2.39. The predicted molar refractivity (Wildman–Crippen MR) is 92.1 cm³/mol. The molecule has 2 atom stereocenters. The van der Waals surface area contributed by atoms with Crippen LogP contribution in [0.15, 0.2) is 41.7 Å². The van der Waals surface area contributed by atoms with Gasteiger partial charge in [-0.2, -0.15) is 10.2 Å². The maximum atomic E-state index is 13.0. The van der Waals surface area contributed by atoms with Crippen LogP contribution in [0.3, 0.4) is 0 Å². The van der Waals surface area contributed by atoms with Gasteiger partial charge in [0.2, 0.25) is 0 Å². The van der Waals surface area contributed by atoms with Gasteiger partial charge in [-0.3, -0.25) is 9.52 Å². The summed E-state index contributed by atoms with van der Waals surface area (Å²) in [5.41, 5.74) is 2.68. The zero-order valence-corrected chi connectivity index (χ0v) is 14.5. The Balaban J connectivity index is 1.67. The highest BCUT2D eigenvalue weighted by molar-refractivity contribution is 5.93. The van der Waals surface area contributed by atoms with Crippen LogP contribution in [0, 0.1) is 0 Å². The van der Waals surface area contributed by atoms with Gasteiger partial charge in [0.15, 0.2) is 5.84 Å². The maximum absolute atomic E-state index is 13.0. The van der Waals surface area contributed by atoms with Gasteiger partial charge in [0.05, 0.1) is 18.4 Å². The Morgan fingerprint density at radius 1 is 1.42 bits per heavy atom. The van der Waals surface area contributed by atoms with E-state index in [1.54, 1.807) is 22.8 Å². The van der Waals surface area contributed by atoms with Crippen LogP contribution in [0.1, 0.15) is 28.9 Å². The van der Waals surface area contributed by atoms with Gasteiger partial charge < -0.3 is 15.4 Å². The van der Waals surface area contributed by atoms with Crippen molar-refractivity contribution in [3.05, 3.63) is 53.3 Å². The summed E-state index contributed by atoms with van der Waals surface area (Å²) in [4.78, 5) is 20.5. The summed E-state index contributed by atoms with van der Waals surface area (Å²) < 4.78 is 1.70. The molecule has 2 amide bonds. The molecular weight excluding hydrogens is 336 g/mol. The highest BCUT2D eigenvalue weighted by Gasteiger charge is 2.52. The number of hydroxylamine groups is 2. The lowest BCUT2D eigenvalue weighted by Crippen LogP contribution is -2.43. The minimum atomic E-state index is -0.540. The molecule has 2 N–H and O–H groups in total. The molecule has 0 radical (unpaired) electrons. The molecule has 0 aliphatic carbocycles. The third-order valence-corrected chi connectivity index (χ3v) is 4.87. The Morgan fingerprint density at radius 2 is 2.19 bits per heavy atom. The zero-order valence-electron chi connectivity index (χ0n) is 14.5. The molecule has 136 valence electrons. The SMILES string of the molecule is CN/C(=N\O)C1c2c(cnn2C)C2CN1C(=O)N2OCc1ccccc1. The van der Waals surface area contributed by atoms with Crippen molar-refractivity contribution in [1.82, 2.24) is 25.1 Å². The molecule has 4 rings (SSSR count). The number of amidine groups is 1. The fourth-order valence-corrected chi connectivity index (χ4v) is 3.62. The van der Waals surface area contributed by atoms with E-state index in [0.29, 0.717) is 13.2 Å². The second kappa shape index (κ2) is 6.34. The van der Waals surface area contributed by atoms with Crippen molar-refractivity contribution in [2.24, 2.45) is 12.2 Å². The number of hydrogen-bond acceptors (Lipinski definition) is 5. The lowest BCUT2D eigenvalue weighted by molar-refractivity contribution is -0.141. The summed E-state index contributed by atoms with van der Waals surface area (Å²) in [5, 5.41) is 21.3. The Kier molecular flexibility index (Phi) is 4.00. The van der Waals surface area contributed by atoms with Gasteiger partial charge in [-0.05, 0) is 5.56 Å². The molecule has 26 heavy (non-hydrogen) atoms. The average molecular weight is 356 g/mol. The number of rotatable bonds is 4. The number of carbonyl (C=O) groups excluding carboxylic acids is 1. The maximum Gasteiger partial charge on any atom is 0.345 e. The average Bonchev–Trinajstić information content (AvgIpc) is 3.18. The number of likely N-dealkylation sites (N-methyl/N-ethyl adjacent to an activating group) is 1. The van der Waals surface area contributed by atoms with E-state index in [2.05, 4.69) is 15.6 Å². The Bertz CT molecular complexity index is 849. The molecule has 2 aromatic rings. The van der Waals surface area contributed by atoms with Crippen LogP contribution in [0.25, 0.3) is 0 Å². The lowest BCUT2D eigenvalue weighted by atomic mass is 9.97. The Hall–Kier alpha value is -3.07. The van der Waals surface area contributed by atoms with Gasteiger partial charge in [0.1, 0.15) is 18.7 Å². The van der Waals surface area contributed by atoms with Crippen molar-refractivity contribution in [1.29, 1.82) is 0 Å². The molecule has 1 fully saturated rings. The number of hydrogen-bond donors (Lipinski definition) is 2. The second-order valence-corrected chi connectivity index (χ2v) is 6.28. The fraction of sp³-hybridized carbons (Fsp3) is 0.353. The van der Waals surface area contributed by atoms with Crippen LogP contribution in [0.2, 0.25) is 0 Å². The van der Waals surface area contributed by atoms with E-state index >= 15 is 0 Å². The normalized spacial score (nSPS) is 21.9. The van der Waals surface area contributed by atoms with Crippen LogP contribution in [-0.4, -0.2) is 50.4 Å². The predicted octanol–water partition coefficient (Wildman–Crippen LogP) is 1.39. The van der Waals surface area contributed by atoms with Gasteiger partial charge in [-0.25, -0.2) is 4.79 Å². The highest BCUT2D eigenvalue weighted by Crippen LogP contribution is 2.44. The van der Waals surface area contributed by atoms with Gasteiger partial charge in [-0.1, -0.05) is 35.5 Å². The van der Waals surface area contributed by atoms with Crippen LogP contribution >= 0.6 is 0 Å². The van der Waals surface area contributed by atoms with Gasteiger partial charge in [-0.15, -0.1) is 0 Å². The molecule has 2 aliphatic heterocycles. The van der Waals surface area contributed by atoms with E-state index < -0.39 is 6.04 Å². The van der Waals surface area contributed by atoms with E-state index in [4.69, 9.17) is 4.84 Å². The van der Waals surface area contributed by atoms with Crippen molar-refractivity contribution < 1.29 is 14.8 Å². The summed E-state index contributed by atoms with van der Waals surface area (Å²) in [7, 11) is 3.46. The smallest absolute Gasteiger partial charge is 0.345 e. The van der Waals surface area contributed by atoms with Crippen molar-refractivity contribution in [2.75, 3.05) is 13.6 Å². The summed E-state index contributed by atoms with van der Waals surface area (Å²) in [6.07, 6.45) is 1.74. The Morgan fingerprint density at radius 3 is 2.88 bits per heavy atom. The first-order chi connectivity index (χ1) is 12.7. The third-order valence-electron chi connectivity index (χ3n) is 4.87. The first kappa shape index (κ1) is 16.4. The standard InChI is InChI=1S/C17H20N6O3/c1-18-16(20-25)15-14-12(8-19-21(14)2)13-9-22(15)17(24)23(13)26-10-11-6-4-3-5-7-11/h3-8,13,15,25H,9-10H2,1-2H3,(H,18,20). The lowest BCUT2D eigenvalue weighted by Gasteiger charge is -2.31. The monoisotopic (exact) mass is 356 g/mol. The minimum Gasteiger partial charge on any atom is -0.409 e. The van der Waals surface area contributed by atoms with Gasteiger partial charge in [0, 0.05) is 19.7 Å². The summed E-state index contributed by atoms with van der Waals surface area (Å²) >= 11 is 0. The van der Waals surface area contributed by atoms with Crippen LogP contribution < -0.4 is 5.32 Å². The molecule has 9 heteroatoms. The molecule has 1 saturated heterocycles. The Labute approximate surface area is 150 Å². The largest absolute Gasteiger partial charge is 0.409 e. The number of nitrogens with zero attached hydrogens (tertiary/aromatic N) is 5. The quantitative estimate of drug-likeness (QED) is 0.374. The number of oxime groups is 1. The number of amides is 2. The second-order valence-electron chi connectivity index (χ2n) is 6.28. The van der Waals surface area contributed by atoms with E-state index in [9.17, 15) is 10.0 Å². The molecule has 9 nitrogen and oxygen atoms in total. The van der Waals surface area contributed by atoms with Gasteiger partial charge >= 0.3 is 6.03 Å². The molecule has 2 bridgehead atoms. The number of benzene rings is 1. The number of aryl methyl sites for hydroxylation is 1. The van der Waals surface area contributed by atoms with Crippen molar-refractivity contribution in [2.45, 2.75) is 18.7 Å². The van der Waals surface area contributed by atoms with Gasteiger partial charge in [0.25, 0.3) is 0 Å². The first-order valence-corrected chi connectivity index (χ1v) is 8.34. The fourth-order valence-electron chi connectivity index (χ4n) is 3.62. The molecule has 2 aliphatic rings. The number of fused-ring (bicyclic) bond motifs is 4. The number of nitrogens with one attached hydrogen (secondary N) is 1. The molecule has 2 unspecified atom stereocenters. The summed E-state index contributed by atoms with van der Waals surface area (Å²) in [6, 6.07) is 8.64. The topological polar surface area (TPSA) is 95.2 Å². The van der Waals surface area contributed by atoms with E-state index in [0.717, 1.165) is 16.8 Å². The van der Waals surface area contributed by atoms with Crippen LogP contribution in [-0.2, 0) is 18.5 Å². The zero-order chi connectivity index (χ0) is 18.3. The van der Waals surface area contributed by atoms with E-state index in [1.807, 2.05) is 37.4 Å². The molecule has 0 spiro atoms. The minimum absolute atomic E-state index is 0.247.